The smallest absolute Gasteiger partial charge is 0.344 e. The molecule has 1 aliphatic rings. The first-order valence-corrected chi connectivity index (χ1v) is 14.2. The van der Waals surface area contributed by atoms with Gasteiger partial charge in [0.05, 0.1) is 32.5 Å². The van der Waals surface area contributed by atoms with E-state index in [0.29, 0.717) is 30.9 Å². The van der Waals surface area contributed by atoms with Crippen LogP contribution >= 0.6 is 0 Å². The Labute approximate surface area is 206 Å². The molecule has 0 fully saturated rings. The summed E-state index contributed by atoms with van der Waals surface area (Å²) in [5, 5.41) is 0. The maximum Gasteiger partial charge on any atom is 0.344 e. The Hall–Kier alpha value is -2.12. The van der Waals surface area contributed by atoms with E-state index in [9.17, 15) is 0 Å². The van der Waals surface area contributed by atoms with E-state index in [1.165, 1.54) is 5.57 Å². The minimum atomic E-state index is -2.58. The van der Waals surface area contributed by atoms with Gasteiger partial charge in [0.1, 0.15) is 18.1 Å². The summed E-state index contributed by atoms with van der Waals surface area (Å²) >= 11 is 0. The van der Waals surface area contributed by atoms with Crippen LogP contribution < -0.4 is 9.47 Å². The van der Waals surface area contributed by atoms with E-state index >= 15 is 0 Å². The second-order valence-corrected chi connectivity index (χ2v) is 13.9. The molecule has 0 radical (unpaired) electrons. The lowest BCUT2D eigenvalue weighted by Gasteiger charge is -2.43. The minimum Gasteiger partial charge on any atom is -0.497 e. The predicted octanol–water partition coefficient (Wildman–Crippen LogP) is 6.67. The van der Waals surface area contributed by atoms with Gasteiger partial charge in [0.25, 0.3) is 0 Å². The summed E-state index contributed by atoms with van der Waals surface area (Å²) < 4.78 is 31.2. The second-order valence-electron chi connectivity index (χ2n) is 9.63. The zero-order valence-corrected chi connectivity index (χ0v) is 22.5. The summed E-state index contributed by atoms with van der Waals surface area (Å²) in [6, 6.07) is 17.9. The quantitative estimate of drug-likeness (QED) is 0.278. The highest BCUT2D eigenvalue weighted by atomic mass is 28.4. The molecule has 0 bridgehead atoms. The highest BCUT2D eigenvalue weighted by Gasteiger charge is 2.49. The van der Waals surface area contributed by atoms with Crippen molar-refractivity contribution in [2.75, 3.05) is 20.3 Å². The van der Waals surface area contributed by atoms with E-state index in [1.54, 1.807) is 7.11 Å². The summed E-state index contributed by atoms with van der Waals surface area (Å²) in [4.78, 5) is 0. The van der Waals surface area contributed by atoms with Crippen molar-refractivity contribution in [2.24, 2.45) is 0 Å². The summed E-state index contributed by atoms with van der Waals surface area (Å²) in [7, 11) is -0.920. The van der Waals surface area contributed by atoms with Crippen LogP contribution in [0.15, 0.2) is 66.2 Å². The highest BCUT2D eigenvalue weighted by Crippen LogP contribution is 2.39. The molecule has 0 aliphatic carbocycles. The van der Waals surface area contributed by atoms with Gasteiger partial charge in [-0.25, -0.2) is 0 Å². The van der Waals surface area contributed by atoms with Gasteiger partial charge in [0, 0.05) is 0 Å². The van der Waals surface area contributed by atoms with Crippen molar-refractivity contribution in [3.05, 3.63) is 71.8 Å². The molecule has 186 valence electrons. The third kappa shape index (κ3) is 7.19. The van der Waals surface area contributed by atoms with Gasteiger partial charge in [-0.2, -0.15) is 0 Å². The van der Waals surface area contributed by atoms with Crippen LogP contribution in [0.5, 0.6) is 11.5 Å². The number of benzene rings is 2. The first-order chi connectivity index (χ1) is 16.3. The Morgan fingerprint density at radius 2 is 1.53 bits per heavy atom. The lowest BCUT2D eigenvalue weighted by molar-refractivity contribution is 0.00994. The summed E-state index contributed by atoms with van der Waals surface area (Å²) in [6.45, 7) is 12.6. The molecule has 34 heavy (non-hydrogen) atoms. The monoisotopic (exact) mass is 484 g/mol. The first kappa shape index (κ1) is 26.5. The summed E-state index contributed by atoms with van der Waals surface area (Å²) in [5.41, 5.74) is 2.97. The lowest BCUT2D eigenvalue weighted by Crippen LogP contribution is -2.54. The molecule has 0 N–H and O–H groups in total. The van der Waals surface area contributed by atoms with Crippen molar-refractivity contribution in [3.8, 4) is 11.5 Å². The van der Waals surface area contributed by atoms with Gasteiger partial charge in [-0.05, 0) is 54.3 Å². The zero-order chi connectivity index (χ0) is 24.6. The number of rotatable bonds is 10. The minimum absolute atomic E-state index is 0.0685. The third-order valence-electron chi connectivity index (χ3n) is 6.20. The predicted molar refractivity (Wildman–Crippen MR) is 139 cm³/mol. The number of hydrogen-bond donors (Lipinski definition) is 0. The molecule has 0 unspecified atom stereocenters. The van der Waals surface area contributed by atoms with Crippen molar-refractivity contribution < 1.29 is 23.1 Å². The molecule has 0 saturated heterocycles. The fraction of sp³-hybridized carbons (Fsp3) is 0.500. The fourth-order valence-electron chi connectivity index (χ4n) is 4.46. The molecule has 1 aliphatic heterocycles. The molecular weight excluding hydrogens is 444 g/mol. The second kappa shape index (κ2) is 12.5. The molecule has 2 atom stereocenters. The van der Waals surface area contributed by atoms with Crippen molar-refractivity contribution in [2.45, 2.75) is 70.9 Å². The number of hydrogen-bond acceptors (Lipinski definition) is 5. The maximum atomic E-state index is 6.90. The average Bonchev–Trinajstić information content (AvgIpc) is 2.81. The molecule has 2 aromatic rings. The van der Waals surface area contributed by atoms with Gasteiger partial charge in [0.15, 0.2) is 0 Å². The van der Waals surface area contributed by atoms with E-state index in [-0.39, 0.29) is 12.2 Å². The van der Waals surface area contributed by atoms with Crippen molar-refractivity contribution in [3.63, 3.8) is 0 Å². The third-order valence-corrected chi connectivity index (χ3v) is 10.8. The lowest BCUT2D eigenvalue weighted by atomic mass is 10.1. The average molecular weight is 485 g/mol. The summed E-state index contributed by atoms with van der Waals surface area (Å²) in [5.74, 6) is 1.62. The van der Waals surface area contributed by atoms with Crippen LogP contribution in [0.2, 0.25) is 11.1 Å². The standard InChI is InChI=1S/C28H40O5Si/c1-21(2)34(22(3)4)32-27(19-30-18-24-10-8-7-9-11-24)16-23(5)17-28(33-34)20-31-26-14-12-25(29-6)13-15-26/h7-16,21-22,27-28H,17-20H2,1-6H3/b23-16-/t27-,28-/m0/s1. The molecule has 3 rings (SSSR count). The molecule has 0 aromatic heterocycles. The van der Waals surface area contributed by atoms with Gasteiger partial charge < -0.3 is 23.1 Å². The largest absolute Gasteiger partial charge is 0.497 e. The molecule has 2 aromatic carbocycles. The van der Waals surface area contributed by atoms with Gasteiger partial charge >= 0.3 is 8.56 Å². The van der Waals surface area contributed by atoms with Crippen LogP contribution in [0.3, 0.4) is 0 Å². The van der Waals surface area contributed by atoms with Crippen molar-refractivity contribution in [1.29, 1.82) is 0 Å². The normalized spacial score (nSPS) is 22.1. The van der Waals surface area contributed by atoms with Crippen molar-refractivity contribution in [1.82, 2.24) is 0 Å². The van der Waals surface area contributed by atoms with Crippen LogP contribution in [-0.2, 0) is 20.2 Å². The Morgan fingerprint density at radius 1 is 0.882 bits per heavy atom. The maximum absolute atomic E-state index is 6.90. The Morgan fingerprint density at radius 3 is 2.15 bits per heavy atom. The van der Waals surface area contributed by atoms with E-state index < -0.39 is 8.56 Å². The fourth-order valence-corrected chi connectivity index (χ4v) is 8.22. The first-order valence-electron chi connectivity index (χ1n) is 12.2. The number of methoxy groups -OCH3 is 1. The zero-order valence-electron chi connectivity index (χ0n) is 21.5. The van der Waals surface area contributed by atoms with E-state index in [4.69, 9.17) is 23.1 Å². The van der Waals surface area contributed by atoms with Crippen LogP contribution in [0.1, 0.15) is 46.6 Å². The van der Waals surface area contributed by atoms with Crippen LogP contribution in [-0.4, -0.2) is 41.1 Å². The summed E-state index contributed by atoms with van der Waals surface area (Å²) in [6.07, 6.45) is 2.84. The molecule has 0 amide bonds. The van der Waals surface area contributed by atoms with E-state index in [0.717, 1.165) is 23.5 Å². The van der Waals surface area contributed by atoms with Gasteiger partial charge in [-0.3, -0.25) is 0 Å². The Balaban J connectivity index is 1.72. The van der Waals surface area contributed by atoms with E-state index in [1.807, 2.05) is 42.5 Å². The molecule has 1 heterocycles. The highest BCUT2D eigenvalue weighted by molar-refractivity contribution is 6.70. The van der Waals surface area contributed by atoms with Gasteiger partial charge in [0.2, 0.25) is 0 Å². The molecule has 0 saturated carbocycles. The molecular formula is C28H40O5Si. The van der Waals surface area contributed by atoms with Gasteiger partial charge in [-0.15, -0.1) is 0 Å². The van der Waals surface area contributed by atoms with Crippen LogP contribution in [0.25, 0.3) is 0 Å². The van der Waals surface area contributed by atoms with Gasteiger partial charge in [-0.1, -0.05) is 69.7 Å². The Bertz CT molecular complexity index is 887. The molecule has 0 spiro atoms. The van der Waals surface area contributed by atoms with Crippen LogP contribution in [0.4, 0.5) is 0 Å². The Kier molecular flexibility index (Phi) is 9.77. The van der Waals surface area contributed by atoms with E-state index in [2.05, 4.69) is 52.8 Å². The van der Waals surface area contributed by atoms with Crippen molar-refractivity contribution >= 4 is 8.56 Å². The topological polar surface area (TPSA) is 46.2 Å². The van der Waals surface area contributed by atoms with Crippen LogP contribution in [0, 0.1) is 0 Å². The molecule has 6 heteroatoms. The SMILES string of the molecule is COc1ccc(OC[C@@H]2C/C(C)=C\[C@@H](COCc3ccccc3)O[Si](C(C)C)(C(C)C)O2)cc1. The molecule has 5 nitrogen and oxygen atoms in total. The number of ether oxygens (including phenoxy) is 3.